The number of aromatic nitrogens is 2. The van der Waals surface area contributed by atoms with Crippen LogP contribution in [0.2, 0.25) is 0 Å². The van der Waals surface area contributed by atoms with Crippen LogP contribution in [0.25, 0.3) is 11.0 Å². The van der Waals surface area contributed by atoms with Gasteiger partial charge in [-0.1, -0.05) is 0 Å². The zero-order chi connectivity index (χ0) is 14.2. The van der Waals surface area contributed by atoms with Crippen molar-refractivity contribution < 1.29 is 4.74 Å². The summed E-state index contributed by atoms with van der Waals surface area (Å²) >= 11 is 0. The molecule has 0 aliphatic carbocycles. The van der Waals surface area contributed by atoms with Crippen LogP contribution in [-0.2, 0) is 6.54 Å². The molecule has 3 heterocycles. The van der Waals surface area contributed by atoms with Gasteiger partial charge in [0, 0.05) is 30.6 Å². The predicted octanol–water partition coefficient (Wildman–Crippen LogP) is 1.56. The van der Waals surface area contributed by atoms with Gasteiger partial charge in [0.15, 0.2) is 0 Å². The van der Waals surface area contributed by atoms with Crippen molar-refractivity contribution in [1.29, 1.82) is 0 Å². The van der Waals surface area contributed by atoms with Crippen molar-refractivity contribution in [3.05, 3.63) is 58.5 Å². The van der Waals surface area contributed by atoms with Crippen LogP contribution in [0.1, 0.15) is 5.56 Å². The van der Waals surface area contributed by atoms with Gasteiger partial charge in [-0.3, -0.25) is 9.79 Å². The first-order valence-corrected chi connectivity index (χ1v) is 6.61. The minimum Gasteiger partial charge on any atom is -0.464 e. The molecule has 2 aliphatic heterocycles. The molecule has 21 heavy (non-hydrogen) atoms. The number of aliphatic imine (C=N–C) groups is 1. The monoisotopic (exact) mass is 280 g/mol. The molecule has 1 N–H and O–H groups in total. The number of H-pyrrole nitrogens is 1. The van der Waals surface area contributed by atoms with Gasteiger partial charge in [0.2, 0.25) is 0 Å². The van der Waals surface area contributed by atoms with E-state index in [1.54, 1.807) is 12.5 Å². The van der Waals surface area contributed by atoms with Crippen molar-refractivity contribution in [2.24, 2.45) is 4.99 Å². The molecule has 4 rings (SSSR count). The second-order valence-corrected chi connectivity index (χ2v) is 4.91. The van der Waals surface area contributed by atoms with E-state index in [0.29, 0.717) is 17.6 Å². The molecule has 0 fully saturated rings. The predicted molar refractivity (Wildman–Crippen MR) is 79.1 cm³/mol. The minimum absolute atomic E-state index is 0.209. The quantitative estimate of drug-likeness (QED) is 0.795. The standard InChI is InChI=1S/C15H12N4O2/c20-15-8-17-12-6-14-10(5-13(12)18-15)9-19-3-2-16-7-11(19)1-4-21-14/h1-2,4-8H,3,9H2,(H,18,20). The van der Waals surface area contributed by atoms with Crippen LogP contribution in [0.5, 0.6) is 5.75 Å². The lowest BCUT2D eigenvalue weighted by Gasteiger charge is -2.28. The van der Waals surface area contributed by atoms with Crippen molar-refractivity contribution in [3.63, 3.8) is 0 Å². The normalized spacial score (nSPS) is 16.6. The van der Waals surface area contributed by atoms with E-state index < -0.39 is 0 Å². The largest absolute Gasteiger partial charge is 0.464 e. The third-order valence-electron chi connectivity index (χ3n) is 3.53. The van der Waals surface area contributed by atoms with Gasteiger partial charge in [-0.25, -0.2) is 4.98 Å². The zero-order valence-corrected chi connectivity index (χ0v) is 11.1. The molecule has 0 unspecified atom stereocenters. The number of ether oxygens (including phenoxy) is 1. The zero-order valence-electron chi connectivity index (χ0n) is 11.1. The molecule has 2 aliphatic rings. The van der Waals surface area contributed by atoms with Crippen LogP contribution < -0.4 is 10.3 Å². The summed E-state index contributed by atoms with van der Waals surface area (Å²) in [7, 11) is 0. The van der Waals surface area contributed by atoms with E-state index in [9.17, 15) is 4.79 Å². The number of benzene rings is 1. The van der Waals surface area contributed by atoms with Gasteiger partial charge in [-0.05, 0) is 12.1 Å². The fourth-order valence-electron chi connectivity index (χ4n) is 2.50. The van der Waals surface area contributed by atoms with Crippen LogP contribution in [0.4, 0.5) is 0 Å². The average molecular weight is 280 g/mol. The first kappa shape index (κ1) is 11.9. The number of hydrogen-bond acceptors (Lipinski definition) is 5. The molecule has 6 nitrogen and oxygen atoms in total. The molecule has 0 saturated carbocycles. The van der Waals surface area contributed by atoms with Gasteiger partial charge in [0.05, 0.1) is 35.7 Å². The Kier molecular flexibility index (Phi) is 2.60. The average Bonchev–Trinajstić information content (AvgIpc) is 2.47. The Morgan fingerprint density at radius 3 is 3.24 bits per heavy atom. The van der Waals surface area contributed by atoms with E-state index in [4.69, 9.17) is 4.74 Å². The lowest BCUT2D eigenvalue weighted by molar-refractivity contribution is 0.368. The van der Waals surface area contributed by atoms with Gasteiger partial charge < -0.3 is 14.6 Å². The summed E-state index contributed by atoms with van der Waals surface area (Å²) < 4.78 is 5.68. The molecule has 0 amide bonds. The number of aromatic amines is 1. The van der Waals surface area contributed by atoms with E-state index in [-0.39, 0.29) is 5.56 Å². The Morgan fingerprint density at radius 1 is 1.33 bits per heavy atom. The molecule has 2 aromatic rings. The Bertz CT molecular complexity index is 864. The fraction of sp³-hybridized carbons (Fsp3) is 0.133. The van der Waals surface area contributed by atoms with E-state index in [1.165, 1.54) is 6.20 Å². The van der Waals surface area contributed by atoms with Gasteiger partial charge >= 0.3 is 0 Å². The maximum Gasteiger partial charge on any atom is 0.266 e. The summed E-state index contributed by atoms with van der Waals surface area (Å²) in [5, 5.41) is 0. The van der Waals surface area contributed by atoms with Gasteiger partial charge in [-0.2, -0.15) is 0 Å². The highest BCUT2D eigenvalue weighted by Gasteiger charge is 2.16. The topological polar surface area (TPSA) is 70.6 Å². The third-order valence-corrected chi connectivity index (χ3v) is 3.53. The fourth-order valence-corrected chi connectivity index (χ4v) is 2.50. The van der Waals surface area contributed by atoms with Crippen molar-refractivity contribution in [3.8, 4) is 5.75 Å². The molecule has 0 saturated heterocycles. The Balaban J connectivity index is 1.86. The number of fused-ring (bicyclic) bond motifs is 3. The van der Waals surface area contributed by atoms with Crippen molar-refractivity contribution in [2.75, 3.05) is 6.54 Å². The van der Waals surface area contributed by atoms with Crippen LogP contribution in [0, 0.1) is 0 Å². The molecular formula is C15H12N4O2. The van der Waals surface area contributed by atoms with Gasteiger partial charge in [-0.15, -0.1) is 0 Å². The van der Waals surface area contributed by atoms with Gasteiger partial charge in [0.1, 0.15) is 5.75 Å². The highest BCUT2D eigenvalue weighted by Crippen LogP contribution is 2.28. The number of allylic oxidation sites excluding steroid dienone is 1. The maximum atomic E-state index is 11.4. The summed E-state index contributed by atoms with van der Waals surface area (Å²) in [6.07, 6.45) is 8.48. The molecule has 0 radical (unpaired) electrons. The smallest absolute Gasteiger partial charge is 0.266 e. The minimum atomic E-state index is -0.209. The van der Waals surface area contributed by atoms with Crippen molar-refractivity contribution in [1.82, 2.24) is 14.9 Å². The lowest BCUT2D eigenvalue weighted by Crippen LogP contribution is -2.27. The number of hydrogen-bond donors (Lipinski definition) is 1. The highest BCUT2D eigenvalue weighted by molar-refractivity contribution is 5.77. The summed E-state index contributed by atoms with van der Waals surface area (Å²) in [6, 6.07) is 3.76. The molecule has 0 spiro atoms. The second-order valence-electron chi connectivity index (χ2n) is 4.91. The molecule has 0 atom stereocenters. The van der Waals surface area contributed by atoms with Crippen LogP contribution in [0.3, 0.4) is 0 Å². The first-order valence-electron chi connectivity index (χ1n) is 6.61. The summed E-state index contributed by atoms with van der Waals surface area (Å²) in [4.78, 5) is 24.7. The lowest BCUT2D eigenvalue weighted by atomic mass is 10.1. The second kappa shape index (κ2) is 4.59. The number of nitrogens with one attached hydrogen (secondary N) is 1. The van der Waals surface area contributed by atoms with Gasteiger partial charge in [0.25, 0.3) is 5.56 Å². The number of nitrogens with zero attached hydrogens (tertiary/aromatic N) is 3. The summed E-state index contributed by atoms with van der Waals surface area (Å²) in [5.41, 5.74) is 3.21. The van der Waals surface area contributed by atoms with E-state index in [1.807, 2.05) is 24.4 Å². The molecule has 104 valence electrons. The molecule has 1 aromatic heterocycles. The highest BCUT2D eigenvalue weighted by atomic mass is 16.5. The molecular weight excluding hydrogens is 268 g/mol. The van der Waals surface area contributed by atoms with Crippen LogP contribution in [-0.4, -0.2) is 27.6 Å². The van der Waals surface area contributed by atoms with Crippen LogP contribution >= 0.6 is 0 Å². The summed E-state index contributed by atoms with van der Waals surface area (Å²) in [6.45, 7) is 1.43. The van der Waals surface area contributed by atoms with Crippen molar-refractivity contribution >= 4 is 17.2 Å². The maximum absolute atomic E-state index is 11.4. The SMILES string of the molecule is O=c1cnc2cc3c(cc2[nH]1)CN1CC=NC=C1C=CO3. The molecule has 0 bridgehead atoms. The molecule has 1 aromatic carbocycles. The third kappa shape index (κ3) is 2.10. The number of rotatable bonds is 0. The van der Waals surface area contributed by atoms with E-state index >= 15 is 0 Å². The van der Waals surface area contributed by atoms with Crippen molar-refractivity contribution in [2.45, 2.75) is 6.54 Å². The Hall–Kier alpha value is -2.89. The van der Waals surface area contributed by atoms with Crippen LogP contribution in [0.15, 0.2) is 52.4 Å². The summed E-state index contributed by atoms with van der Waals surface area (Å²) in [5.74, 6) is 0.750. The Labute approximate surface area is 120 Å². The Morgan fingerprint density at radius 2 is 2.29 bits per heavy atom. The first-order chi connectivity index (χ1) is 10.3. The van der Waals surface area contributed by atoms with E-state index in [0.717, 1.165) is 23.6 Å². The van der Waals surface area contributed by atoms with E-state index in [2.05, 4.69) is 19.9 Å². The molecule has 6 heteroatoms.